The van der Waals surface area contributed by atoms with Crippen LogP contribution in [0, 0.1) is 5.92 Å². The van der Waals surface area contributed by atoms with Gasteiger partial charge in [0, 0.05) is 13.5 Å². The summed E-state index contributed by atoms with van der Waals surface area (Å²) in [4.78, 5) is 22.6. The lowest BCUT2D eigenvalue weighted by molar-refractivity contribution is -0.145. The van der Waals surface area contributed by atoms with E-state index in [1.807, 2.05) is 13.8 Å². The Morgan fingerprint density at radius 2 is 1.80 bits per heavy atom. The van der Waals surface area contributed by atoms with Crippen molar-refractivity contribution in [1.29, 1.82) is 0 Å². The van der Waals surface area contributed by atoms with Crippen molar-refractivity contribution < 1.29 is 19.1 Å². The molecule has 0 radical (unpaired) electrons. The lowest BCUT2D eigenvalue weighted by atomic mass is 10.00. The molecule has 0 amide bonds. The van der Waals surface area contributed by atoms with E-state index in [1.54, 1.807) is 6.92 Å². The maximum absolute atomic E-state index is 11.6. The van der Waals surface area contributed by atoms with E-state index in [0.717, 1.165) is 0 Å². The lowest BCUT2D eigenvalue weighted by Gasteiger charge is -2.17. The van der Waals surface area contributed by atoms with Crippen molar-refractivity contribution in [3.63, 3.8) is 0 Å². The van der Waals surface area contributed by atoms with E-state index in [1.165, 1.54) is 7.11 Å². The van der Waals surface area contributed by atoms with Crippen LogP contribution in [0.2, 0.25) is 0 Å². The third-order valence-corrected chi connectivity index (χ3v) is 2.06. The molecular formula is C11H20O4. The maximum atomic E-state index is 11.6. The molecule has 0 fully saturated rings. The molecule has 0 spiro atoms. The number of Topliss-reactive ketones (excluding diaryl/α,β-unsaturated/α-hetero) is 1. The summed E-state index contributed by atoms with van der Waals surface area (Å²) in [5.41, 5.74) is 0. The number of methoxy groups -OCH3 is 1. The molecule has 0 aromatic carbocycles. The maximum Gasteiger partial charge on any atom is 0.306 e. The predicted molar refractivity (Wildman–Crippen MR) is 56.5 cm³/mol. The molecule has 0 heterocycles. The Morgan fingerprint density at radius 3 is 2.20 bits per heavy atom. The lowest BCUT2D eigenvalue weighted by Crippen LogP contribution is -2.29. The van der Waals surface area contributed by atoms with Crippen LogP contribution in [0.5, 0.6) is 0 Å². The number of ether oxygens (including phenoxy) is 2. The number of carbonyl (C=O) groups is 2. The molecule has 15 heavy (non-hydrogen) atoms. The van der Waals surface area contributed by atoms with Gasteiger partial charge in [0.15, 0.2) is 5.78 Å². The first-order valence-corrected chi connectivity index (χ1v) is 5.24. The van der Waals surface area contributed by atoms with Gasteiger partial charge in [0.25, 0.3) is 0 Å². The molecule has 0 N–H and O–H groups in total. The topological polar surface area (TPSA) is 52.6 Å². The van der Waals surface area contributed by atoms with Crippen molar-refractivity contribution in [3.8, 4) is 0 Å². The van der Waals surface area contributed by atoms with E-state index in [0.29, 0.717) is 6.61 Å². The first-order chi connectivity index (χ1) is 7.02. The van der Waals surface area contributed by atoms with Crippen molar-refractivity contribution in [2.45, 2.75) is 39.7 Å². The van der Waals surface area contributed by atoms with E-state index < -0.39 is 6.10 Å². The molecule has 4 nitrogen and oxygen atoms in total. The highest BCUT2D eigenvalue weighted by Crippen LogP contribution is 2.10. The van der Waals surface area contributed by atoms with Crippen LogP contribution in [0.15, 0.2) is 0 Å². The van der Waals surface area contributed by atoms with Crippen LogP contribution < -0.4 is 0 Å². The Balaban J connectivity index is 3.96. The van der Waals surface area contributed by atoms with E-state index in [4.69, 9.17) is 9.47 Å². The van der Waals surface area contributed by atoms with Crippen LogP contribution in [0.1, 0.15) is 33.6 Å². The van der Waals surface area contributed by atoms with Gasteiger partial charge in [-0.05, 0) is 12.8 Å². The van der Waals surface area contributed by atoms with Crippen LogP contribution in [-0.4, -0.2) is 31.6 Å². The number of carbonyl (C=O) groups excluding carboxylic acids is 2. The Hall–Kier alpha value is -0.900. The van der Waals surface area contributed by atoms with E-state index >= 15 is 0 Å². The van der Waals surface area contributed by atoms with Crippen LogP contribution in [0.25, 0.3) is 0 Å². The monoisotopic (exact) mass is 216 g/mol. The second-order valence-corrected chi connectivity index (χ2v) is 3.67. The Kier molecular flexibility index (Phi) is 6.96. The van der Waals surface area contributed by atoms with Gasteiger partial charge in [-0.3, -0.25) is 9.59 Å². The highest BCUT2D eigenvalue weighted by atomic mass is 16.5. The first-order valence-electron chi connectivity index (χ1n) is 5.24. The largest absolute Gasteiger partial charge is 0.466 e. The van der Waals surface area contributed by atoms with Crippen LogP contribution in [-0.2, 0) is 19.1 Å². The summed E-state index contributed by atoms with van der Waals surface area (Å²) in [6.45, 7) is 5.92. The number of ketones is 1. The fourth-order valence-electron chi connectivity index (χ4n) is 1.38. The molecule has 0 aliphatic carbocycles. The SMILES string of the molecule is CCOC(=O)CCC(=O)C(OC)C(C)C. The number of hydrogen-bond donors (Lipinski definition) is 0. The van der Waals surface area contributed by atoms with Crippen molar-refractivity contribution in [1.82, 2.24) is 0 Å². The number of esters is 1. The quantitative estimate of drug-likeness (QED) is 0.606. The highest BCUT2D eigenvalue weighted by Gasteiger charge is 2.21. The third kappa shape index (κ3) is 5.52. The Labute approximate surface area is 90.9 Å². The van der Waals surface area contributed by atoms with Gasteiger partial charge >= 0.3 is 5.97 Å². The zero-order valence-corrected chi connectivity index (χ0v) is 9.91. The average Bonchev–Trinajstić information content (AvgIpc) is 2.15. The normalized spacial score (nSPS) is 12.6. The number of rotatable bonds is 7. The zero-order chi connectivity index (χ0) is 11.8. The summed E-state index contributed by atoms with van der Waals surface area (Å²) < 4.78 is 9.80. The van der Waals surface area contributed by atoms with Crippen LogP contribution in [0.4, 0.5) is 0 Å². The molecule has 0 aromatic heterocycles. The molecular weight excluding hydrogens is 196 g/mol. The van der Waals surface area contributed by atoms with Gasteiger partial charge in [-0.25, -0.2) is 0 Å². The fourth-order valence-corrected chi connectivity index (χ4v) is 1.38. The molecule has 0 aliphatic heterocycles. The predicted octanol–water partition coefficient (Wildman–Crippen LogP) is 1.57. The first kappa shape index (κ1) is 14.1. The minimum atomic E-state index is -0.417. The standard InChI is InChI=1S/C11H20O4/c1-5-15-10(13)7-6-9(12)11(14-4)8(2)3/h8,11H,5-7H2,1-4H3. The molecule has 1 atom stereocenters. The van der Waals surface area contributed by atoms with Crippen molar-refractivity contribution in [3.05, 3.63) is 0 Å². The van der Waals surface area contributed by atoms with E-state index in [9.17, 15) is 9.59 Å². The van der Waals surface area contributed by atoms with Gasteiger partial charge in [0.2, 0.25) is 0 Å². The summed E-state index contributed by atoms with van der Waals surface area (Å²) in [5.74, 6) is -0.241. The van der Waals surface area contributed by atoms with Crippen LogP contribution >= 0.6 is 0 Å². The fraction of sp³-hybridized carbons (Fsp3) is 0.818. The summed E-state index contributed by atoms with van der Waals surface area (Å²) >= 11 is 0. The third-order valence-electron chi connectivity index (χ3n) is 2.06. The molecule has 0 aromatic rings. The molecule has 0 aliphatic rings. The van der Waals surface area contributed by atoms with Gasteiger partial charge in [0.1, 0.15) is 6.10 Å². The zero-order valence-electron chi connectivity index (χ0n) is 9.91. The molecule has 0 saturated heterocycles. The molecule has 0 saturated carbocycles. The molecule has 1 unspecified atom stereocenters. The van der Waals surface area contributed by atoms with Gasteiger partial charge in [-0.1, -0.05) is 13.8 Å². The second kappa shape index (κ2) is 7.40. The smallest absolute Gasteiger partial charge is 0.306 e. The summed E-state index contributed by atoms with van der Waals surface area (Å²) in [5, 5.41) is 0. The summed E-state index contributed by atoms with van der Waals surface area (Å²) in [6.07, 6.45) is -0.0890. The Bertz CT molecular complexity index is 211. The van der Waals surface area contributed by atoms with Gasteiger partial charge < -0.3 is 9.47 Å². The van der Waals surface area contributed by atoms with Crippen molar-refractivity contribution >= 4 is 11.8 Å². The average molecular weight is 216 g/mol. The molecule has 88 valence electrons. The number of hydrogen-bond acceptors (Lipinski definition) is 4. The highest BCUT2D eigenvalue weighted by molar-refractivity contribution is 5.86. The molecule has 0 bridgehead atoms. The van der Waals surface area contributed by atoms with Gasteiger partial charge in [-0.15, -0.1) is 0 Å². The molecule has 0 rings (SSSR count). The summed E-state index contributed by atoms with van der Waals surface area (Å²) in [7, 11) is 1.51. The van der Waals surface area contributed by atoms with Gasteiger partial charge in [0.05, 0.1) is 13.0 Å². The minimum absolute atomic E-state index is 0.0412. The second-order valence-electron chi connectivity index (χ2n) is 3.67. The van der Waals surface area contributed by atoms with Crippen molar-refractivity contribution in [2.24, 2.45) is 5.92 Å². The minimum Gasteiger partial charge on any atom is -0.466 e. The van der Waals surface area contributed by atoms with E-state index in [2.05, 4.69) is 0 Å². The molecule has 4 heteroatoms. The summed E-state index contributed by atoms with van der Waals surface area (Å²) in [6, 6.07) is 0. The van der Waals surface area contributed by atoms with Crippen LogP contribution in [0.3, 0.4) is 0 Å². The van der Waals surface area contributed by atoms with Crippen molar-refractivity contribution in [2.75, 3.05) is 13.7 Å². The Morgan fingerprint density at radius 1 is 1.20 bits per heavy atom. The van der Waals surface area contributed by atoms with E-state index in [-0.39, 0.29) is 30.5 Å². The van der Waals surface area contributed by atoms with Gasteiger partial charge in [-0.2, -0.15) is 0 Å².